The van der Waals surface area contributed by atoms with E-state index in [0.29, 0.717) is 18.4 Å². The van der Waals surface area contributed by atoms with E-state index in [9.17, 15) is 5.11 Å². The van der Waals surface area contributed by atoms with E-state index in [4.69, 9.17) is 4.74 Å². The summed E-state index contributed by atoms with van der Waals surface area (Å²) in [6.07, 6.45) is 3.91. The van der Waals surface area contributed by atoms with Gasteiger partial charge in [-0.2, -0.15) is 0 Å². The normalized spacial score (nSPS) is 18.9. The minimum Gasteiger partial charge on any atom is -0.504 e. The molecule has 1 atom stereocenters. The average molecular weight is 292 g/mol. The number of benzene rings is 1. The second kappa shape index (κ2) is 8.25. The number of rotatable bonds is 7. The van der Waals surface area contributed by atoms with E-state index in [0.717, 1.165) is 26.2 Å². The summed E-state index contributed by atoms with van der Waals surface area (Å²) in [6, 6.07) is 6.28. The summed E-state index contributed by atoms with van der Waals surface area (Å²) in [5.74, 6) is 0.805. The third-order valence-electron chi connectivity index (χ3n) is 4.07. The van der Waals surface area contributed by atoms with Gasteiger partial charge in [-0.3, -0.25) is 4.90 Å². The molecule has 1 unspecified atom stereocenters. The summed E-state index contributed by atoms with van der Waals surface area (Å²) in [7, 11) is 0. The molecule has 1 aliphatic rings. The van der Waals surface area contributed by atoms with Crippen molar-refractivity contribution in [3.8, 4) is 11.5 Å². The molecule has 0 spiro atoms. The van der Waals surface area contributed by atoms with Gasteiger partial charge in [-0.15, -0.1) is 0 Å². The molecule has 1 fully saturated rings. The van der Waals surface area contributed by atoms with E-state index in [2.05, 4.69) is 17.1 Å². The van der Waals surface area contributed by atoms with Crippen LogP contribution in [0.5, 0.6) is 11.5 Å². The Labute approximate surface area is 128 Å². The first-order chi connectivity index (χ1) is 10.2. The molecule has 1 saturated heterocycles. The number of aromatic hydroxyl groups is 1. The van der Waals surface area contributed by atoms with E-state index in [1.165, 1.54) is 24.8 Å². The van der Waals surface area contributed by atoms with E-state index in [1.54, 1.807) is 6.07 Å². The van der Waals surface area contributed by atoms with Crippen LogP contribution in [0.1, 0.15) is 38.7 Å². The zero-order valence-corrected chi connectivity index (χ0v) is 13.3. The van der Waals surface area contributed by atoms with Crippen LogP contribution in [-0.4, -0.2) is 42.3 Å². The summed E-state index contributed by atoms with van der Waals surface area (Å²) in [4.78, 5) is 2.45. The zero-order valence-electron chi connectivity index (χ0n) is 13.3. The van der Waals surface area contributed by atoms with Crippen molar-refractivity contribution >= 4 is 0 Å². The number of nitrogens with one attached hydrogen (secondary N) is 1. The highest BCUT2D eigenvalue weighted by molar-refractivity contribution is 5.41. The summed E-state index contributed by atoms with van der Waals surface area (Å²) in [6.45, 7) is 8.86. The maximum absolute atomic E-state index is 9.77. The topological polar surface area (TPSA) is 44.7 Å². The predicted octanol–water partition coefficient (Wildman–Crippen LogP) is 2.75. The fourth-order valence-corrected chi connectivity index (χ4v) is 2.88. The van der Waals surface area contributed by atoms with Gasteiger partial charge in [0.25, 0.3) is 0 Å². The number of likely N-dealkylation sites (N-methyl/N-ethyl adjacent to an activating group) is 1. The summed E-state index contributed by atoms with van der Waals surface area (Å²) >= 11 is 0. The molecule has 21 heavy (non-hydrogen) atoms. The van der Waals surface area contributed by atoms with E-state index in [-0.39, 0.29) is 5.75 Å². The first-order valence-electron chi connectivity index (χ1n) is 8.13. The average Bonchev–Trinajstić information content (AvgIpc) is 2.51. The van der Waals surface area contributed by atoms with Gasteiger partial charge in [-0.05, 0) is 50.6 Å². The smallest absolute Gasteiger partial charge is 0.161 e. The third kappa shape index (κ3) is 4.90. The Morgan fingerprint density at radius 2 is 2.19 bits per heavy atom. The van der Waals surface area contributed by atoms with Gasteiger partial charge in [-0.25, -0.2) is 0 Å². The van der Waals surface area contributed by atoms with Crippen molar-refractivity contribution in [3.63, 3.8) is 0 Å². The van der Waals surface area contributed by atoms with Crippen LogP contribution in [0.15, 0.2) is 18.2 Å². The monoisotopic (exact) mass is 292 g/mol. The van der Waals surface area contributed by atoms with Crippen molar-refractivity contribution in [2.24, 2.45) is 0 Å². The molecule has 0 saturated carbocycles. The standard InChI is InChI=1S/C17H28N2O2/c1-3-19(13-15-7-5-6-10-18-15)12-14-8-9-16(20)17(11-14)21-4-2/h8-9,11,15,18,20H,3-7,10,12-13H2,1-2H3. The fraction of sp³-hybridized carbons (Fsp3) is 0.647. The van der Waals surface area contributed by atoms with Crippen molar-refractivity contribution in [1.29, 1.82) is 0 Å². The highest BCUT2D eigenvalue weighted by Crippen LogP contribution is 2.27. The van der Waals surface area contributed by atoms with Crippen LogP contribution in [0.4, 0.5) is 0 Å². The summed E-state index contributed by atoms with van der Waals surface area (Å²) in [5.41, 5.74) is 1.19. The molecule has 4 nitrogen and oxygen atoms in total. The van der Waals surface area contributed by atoms with Gasteiger partial charge < -0.3 is 15.2 Å². The number of ether oxygens (including phenoxy) is 1. The molecule has 0 aliphatic carbocycles. The molecule has 0 amide bonds. The van der Waals surface area contributed by atoms with E-state index >= 15 is 0 Å². The van der Waals surface area contributed by atoms with Crippen LogP contribution >= 0.6 is 0 Å². The second-order valence-corrected chi connectivity index (χ2v) is 5.71. The van der Waals surface area contributed by atoms with Gasteiger partial charge in [0.2, 0.25) is 0 Å². The van der Waals surface area contributed by atoms with Crippen molar-refractivity contribution < 1.29 is 9.84 Å². The first kappa shape index (κ1) is 16.1. The number of nitrogens with zero attached hydrogens (tertiary/aromatic N) is 1. The van der Waals surface area contributed by atoms with Gasteiger partial charge >= 0.3 is 0 Å². The molecular formula is C17H28N2O2. The van der Waals surface area contributed by atoms with Gasteiger partial charge in [0, 0.05) is 19.1 Å². The van der Waals surface area contributed by atoms with Crippen molar-refractivity contribution in [1.82, 2.24) is 10.2 Å². The Kier molecular flexibility index (Phi) is 6.33. The fourth-order valence-electron chi connectivity index (χ4n) is 2.88. The Morgan fingerprint density at radius 1 is 1.33 bits per heavy atom. The van der Waals surface area contributed by atoms with Crippen LogP contribution in [0, 0.1) is 0 Å². The molecule has 1 heterocycles. The minimum atomic E-state index is 0.220. The molecular weight excluding hydrogens is 264 g/mol. The molecule has 0 radical (unpaired) electrons. The quantitative estimate of drug-likeness (QED) is 0.811. The summed E-state index contributed by atoms with van der Waals surface area (Å²) < 4.78 is 5.46. The lowest BCUT2D eigenvalue weighted by atomic mass is 10.0. The van der Waals surface area contributed by atoms with Crippen LogP contribution < -0.4 is 10.1 Å². The van der Waals surface area contributed by atoms with Gasteiger partial charge in [-0.1, -0.05) is 19.4 Å². The Hall–Kier alpha value is -1.26. The summed E-state index contributed by atoms with van der Waals surface area (Å²) in [5, 5.41) is 13.4. The molecule has 0 aromatic heterocycles. The molecule has 4 heteroatoms. The highest BCUT2D eigenvalue weighted by atomic mass is 16.5. The Morgan fingerprint density at radius 3 is 2.86 bits per heavy atom. The molecule has 2 rings (SSSR count). The molecule has 118 valence electrons. The Bertz CT molecular complexity index is 431. The van der Waals surface area contributed by atoms with Crippen LogP contribution in [0.2, 0.25) is 0 Å². The zero-order chi connectivity index (χ0) is 15.1. The number of phenols is 1. The molecule has 0 bridgehead atoms. The van der Waals surface area contributed by atoms with Gasteiger partial charge in [0.1, 0.15) is 0 Å². The maximum atomic E-state index is 9.77. The number of piperidine rings is 1. The minimum absolute atomic E-state index is 0.220. The van der Waals surface area contributed by atoms with Crippen molar-refractivity contribution in [2.45, 2.75) is 45.7 Å². The number of hydrogen-bond acceptors (Lipinski definition) is 4. The maximum Gasteiger partial charge on any atom is 0.161 e. The molecule has 1 aromatic rings. The van der Waals surface area contributed by atoms with E-state index in [1.807, 2.05) is 19.1 Å². The molecule has 2 N–H and O–H groups in total. The van der Waals surface area contributed by atoms with E-state index < -0.39 is 0 Å². The highest BCUT2D eigenvalue weighted by Gasteiger charge is 2.16. The third-order valence-corrected chi connectivity index (χ3v) is 4.07. The van der Waals surface area contributed by atoms with Gasteiger partial charge in [0.15, 0.2) is 11.5 Å². The first-order valence-corrected chi connectivity index (χ1v) is 8.13. The van der Waals surface area contributed by atoms with Crippen molar-refractivity contribution in [2.75, 3.05) is 26.2 Å². The number of phenolic OH excluding ortho intramolecular Hbond substituents is 1. The van der Waals surface area contributed by atoms with Gasteiger partial charge in [0.05, 0.1) is 6.61 Å². The number of hydrogen-bond donors (Lipinski definition) is 2. The predicted molar refractivity (Wildman–Crippen MR) is 85.9 cm³/mol. The lowest BCUT2D eigenvalue weighted by molar-refractivity contribution is 0.226. The lowest BCUT2D eigenvalue weighted by Gasteiger charge is -2.30. The largest absolute Gasteiger partial charge is 0.504 e. The SMILES string of the molecule is CCOc1cc(CN(CC)CC2CCCCN2)ccc1O. The van der Waals surface area contributed by atoms with Crippen molar-refractivity contribution in [3.05, 3.63) is 23.8 Å². The molecule has 1 aliphatic heterocycles. The lowest BCUT2D eigenvalue weighted by Crippen LogP contribution is -2.43. The van der Waals surface area contributed by atoms with Crippen LogP contribution in [0.3, 0.4) is 0 Å². The molecule has 1 aromatic carbocycles. The second-order valence-electron chi connectivity index (χ2n) is 5.71. The Balaban J connectivity index is 1.95. The van der Waals surface area contributed by atoms with Crippen LogP contribution in [0.25, 0.3) is 0 Å². The van der Waals surface area contributed by atoms with Crippen LogP contribution in [-0.2, 0) is 6.54 Å².